The highest BCUT2D eigenvalue weighted by Crippen LogP contribution is 2.40. The molecule has 0 aliphatic rings. The molecule has 5 aromatic heterocycles. The maximum atomic E-state index is 11.3. The number of nitrogens with zero attached hydrogens (tertiary/aromatic N) is 12. The van der Waals surface area contributed by atoms with Crippen molar-refractivity contribution in [3.8, 4) is 109 Å². The Morgan fingerprint density at radius 1 is 0.244 bits per heavy atom. The fourth-order valence-electron chi connectivity index (χ4n) is 10.8. The maximum absolute atomic E-state index is 11.3. The van der Waals surface area contributed by atoms with Crippen LogP contribution >= 0.6 is 0 Å². The molecule has 15 aromatic rings. The highest BCUT2D eigenvalue weighted by Gasteiger charge is 2.23. The summed E-state index contributed by atoms with van der Waals surface area (Å²) in [6, 6.07) is 87.2. The van der Waals surface area contributed by atoms with Crippen LogP contribution in [0.25, 0.3) is 146 Å². The smallest absolute Gasteiger partial charge is 0.238 e. The highest BCUT2D eigenvalue weighted by molar-refractivity contribution is 6.12. The SMILES string of the molecule is N#Cc1cc(-c2nc(-c3ccccc3)nc(-n3c4ccccc4c4ccccc43)n2)ccc1-n1c2ccc(-c3nc(-c4ccccc4)nc(-c4ccccc4)n3)cc2c2cc(-c3nc(-c4ccccc4)nc(-c4ccccc4)n3)ccc21. The van der Waals surface area contributed by atoms with Crippen molar-refractivity contribution in [3.05, 3.63) is 260 Å². The molecule has 12 heteroatoms. The number of hydrogen-bond donors (Lipinski definition) is 0. The van der Waals surface area contributed by atoms with Crippen LogP contribution in [0.15, 0.2) is 255 Å². The summed E-state index contributed by atoms with van der Waals surface area (Å²) in [4.78, 5) is 45.9. The Hall–Kier alpha value is -11.7. The van der Waals surface area contributed by atoms with E-state index in [2.05, 4.69) is 63.7 Å². The molecule has 0 fully saturated rings. The Morgan fingerprint density at radius 2 is 0.537 bits per heavy atom. The summed E-state index contributed by atoms with van der Waals surface area (Å²) in [5.74, 6) is 4.66. The standard InChI is InChI=1S/C70H42N12/c71-43-52-40-49(69-78-66(48-28-14-5-15-29-48)79-70(80-69)82-58-32-18-16-30-53(58)54-31-17-19-33-59(54)82)34-37-57(52)81-60-38-35-50(67-74-62(44-20-6-1-7-21-44)72-63(75-67)45-22-8-2-9-23-45)41-55(60)56-42-51(36-39-61(56)81)68-76-64(46-24-10-3-11-25-46)73-65(77-68)47-26-12-4-13-27-47/h1-42H. The van der Waals surface area contributed by atoms with Gasteiger partial charge in [-0.05, 0) is 66.7 Å². The molecule has 0 atom stereocenters. The Balaban J connectivity index is 0.934. The quantitative estimate of drug-likeness (QED) is 0.129. The zero-order chi connectivity index (χ0) is 54.5. The van der Waals surface area contributed by atoms with Crippen LogP contribution in [0.5, 0.6) is 0 Å². The van der Waals surface area contributed by atoms with Crippen molar-refractivity contribution in [2.45, 2.75) is 0 Å². The van der Waals surface area contributed by atoms with Gasteiger partial charge in [-0.3, -0.25) is 4.57 Å². The number of fused-ring (bicyclic) bond motifs is 6. The first-order chi connectivity index (χ1) is 40.6. The van der Waals surface area contributed by atoms with Gasteiger partial charge < -0.3 is 4.57 Å². The van der Waals surface area contributed by atoms with E-state index in [4.69, 9.17) is 44.9 Å². The third-order valence-corrected chi connectivity index (χ3v) is 14.7. The first-order valence-corrected chi connectivity index (χ1v) is 26.8. The van der Waals surface area contributed by atoms with Crippen molar-refractivity contribution < 1.29 is 0 Å². The maximum Gasteiger partial charge on any atom is 0.238 e. The molecule has 0 spiro atoms. The summed E-state index contributed by atoms with van der Waals surface area (Å²) in [7, 11) is 0. The molecule has 15 rings (SSSR count). The molecule has 0 saturated carbocycles. The van der Waals surface area contributed by atoms with E-state index in [1.807, 2.05) is 206 Å². The van der Waals surface area contributed by atoms with Crippen molar-refractivity contribution in [2.24, 2.45) is 0 Å². The first kappa shape index (κ1) is 47.5. The van der Waals surface area contributed by atoms with Gasteiger partial charge >= 0.3 is 0 Å². The Kier molecular flexibility index (Phi) is 11.6. The third kappa shape index (κ3) is 8.46. The van der Waals surface area contributed by atoms with E-state index in [1.165, 1.54) is 0 Å². The minimum absolute atomic E-state index is 0.416. The summed E-state index contributed by atoms with van der Waals surface area (Å²) in [6.45, 7) is 0. The van der Waals surface area contributed by atoms with E-state index in [0.717, 1.165) is 82.6 Å². The van der Waals surface area contributed by atoms with Crippen LogP contribution in [-0.2, 0) is 0 Å². The van der Waals surface area contributed by atoms with Crippen LogP contribution in [-0.4, -0.2) is 54.0 Å². The lowest BCUT2D eigenvalue weighted by molar-refractivity contribution is 0.953. The van der Waals surface area contributed by atoms with Crippen LogP contribution in [0.2, 0.25) is 0 Å². The molecule has 0 N–H and O–H groups in total. The second-order valence-electron chi connectivity index (χ2n) is 19.7. The molecule has 0 amide bonds. The Labute approximate surface area is 469 Å². The number of hydrogen-bond acceptors (Lipinski definition) is 10. The molecule has 5 heterocycles. The number of aromatic nitrogens is 11. The summed E-state index contributed by atoms with van der Waals surface area (Å²) < 4.78 is 4.23. The van der Waals surface area contributed by atoms with E-state index >= 15 is 0 Å². The van der Waals surface area contributed by atoms with Gasteiger partial charge in [0.05, 0.1) is 33.3 Å². The molecular formula is C70H42N12. The van der Waals surface area contributed by atoms with Crippen LogP contribution < -0.4 is 0 Å². The minimum atomic E-state index is 0.416. The molecule has 12 nitrogen and oxygen atoms in total. The van der Waals surface area contributed by atoms with Crippen molar-refractivity contribution >= 4 is 43.6 Å². The summed E-state index contributed by atoms with van der Waals surface area (Å²) in [5, 5.41) is 15.3. The summed E-state index contributed by atoms with van der Waals surface area (Å²) in [6.07, 6.45) is 0. The van der Waals surface area contributed by atoms with Gasteiger partial charge in [-0.2, -0.15) is 15.2 Å². The fraction of sp³-hybridized carbons (Fsp3) is 0. The number of benzene rings is 10. The van der Waals surface area contributed by atoms with Crippen molar-refractivity contribution in [1.82, 2.24) is 54.0 Å². The van der Waals surface area contributed by atoms with Crippen LogP contribution in [0.3, 0.4) is 0 Å². The van der Waals surface area contributed by atoms with E-state index < -0.39 is 0 Å². The summed E-state index contributed by atoms with van der Waals surface area (Å²) >= 11 is 0. The summed E-state index contributed by atoms with van der Waals surface area (Å²) in [5.41, 5.74) is 11.3. The van der Waals surface area contributed by atoms with Gasteiger partial charge in [-0.15, -0.1) is 0 Å². The molecule has 10 aromatic carbocycles. The second-order valence-corrected chi connectivity index (χ2v) is 19.7. The first-order valence-electron chi connectivity index (χ1n) is 26.8. The van der Waals surface area contributed by atoms with E-state index in [-0.39, 0.29) is 0 Å². The molecule has 0 radical (unpaired) electrons. The Bertz CT molecular complexity index is 4630. The molecule has 0 bridgehead atoms. The van der Waals surface area contributed by atoms with E-state index in [1.54, 1.807) is 0 Å². The number of rotatable bonds is 10. The lowest BCUT2D eigenvalue weighted by atomic mass is 10.1. The average molecular weight is 1050 g/mol. The highest BCUT2D eigenvalue weighted by atomic mass is 15.2. The predicted octanol–water partition coefficient (Wildman–Crippen LogP) is 15.6. The number of para-hydroxylation sites is 2. The molecule has 382 valence electrons. The largest absolute Gasteiger partial charge is 0.308 e. The van der Waals surface area contributed by atoms with Gasteiger partial charge in [0.1, 0.15) is 6.07 Å². The molecule has 82 heavy (non-hydrogen) atoms. The topological polar surface area (TPSA) is 150 Å². The van der Waals surface area contributed by atoms with Gasteiger partial charge in [0.2, 0.25) is 5.95 Å². The van der Waals surface area contributed by atoms with Crippen molar-refractivity contribution in [1.29, 1.82) is 5.26 Å². The van der Waals surface area contributed by atoms with Gasteiger partial charge in [-0.25, -0.2) is 34.9 Å². The predicted molar refractivity (Wildman–Crippen MR) is 323 cm³/mol. The third-order valence-electron chi connectivity index (χ3n) is 14.7. The molecule has 0 unspecified atom stereocenters. The average Bonchev–Trinajstić information content (AvgIpc) is 4.21. The molecule has 0 aliphatic heterocycles. The fourth-order valence-corrected chi connectivity index (χ4v) is 10.8. The van der Waals surface area contributed by atoms with E-state index in [9.17, 15) is 5.26 Å². The van der Waals surface area contributed by atoms with Crippen LogP contribution in [0, 0.1) is 11.3 Å². The van der Waals surface area contributed by atoms with E-state index in [0.29, 0.717) is 69.4 Å². The van der Waals surface area contributed by atoms with Crippen molar-refractivity contribution in [3.63, 3.8) is 0 Å². The normalized spacial score (nSPS) is 11.4. The molecule has 0 aliphatic carbocycles. The van der Waals surface area contributed by atoms with Gasteiger partial charge in [0.15, 0.2) is 46.6 Å². The zero-order valence-corrected chi connectivity index (χ0v) is 43.6. The van der Waals surface area contributed by atoms with Gasteiger partial charge in [-0.1, -0.05) is 188 Å². The lowest BCUT2D eigenvalue weighted by Gasteiger charge is -2.13. The Morgan fingerprint density at radius 3 is 0.915 bits per heavy atom. The minimum Gasteiger partial charge on any atom is -0.308 e. The lowest BCUT2D eigenvalue weighted by Crippen LogP contribution is -2.06. The zero-order valence-electron chi connectivity index (χ0n) is 43.6. The monoisotopic (exact) mass is 1050 g/mol. The molecule has 0 saturated heterocycles. The van der Waals surface area contributed by atoms with Crippen LogP contribution in [0.4, 0.5) is 0 Å². The second kappa shape index (κ2) is 20.0. The van der Waals surface area contributed by atoms with Crippen LogP contribution in [0.1, 0.15) is 5.56 Å². The van der Waals surface area contributed by atoms with Gasteiger partial charge in [0, 0.05) is 66.1 Å². The molecular weight excluding hydrogens is 1010 g/mol. The number of nitriles is 1. The van der Waals surface area contributed by atoms with Crippen molar-refractivity contribution in [2.75, 3.05) is 0 Å². The van der Waals surface area contributed by atoms with Gasteiger partial charge in [0.25, 0.3) is 0 Å².